The summed E-state index contributed by atoms with van der Waals surface area (Å²) in [5.74, 6) is -3.31. The minimum Gasteiger partial charge on any atom is -0.288 e. The van der Waals surface area contributed by atoms with Gasteiger partial charge in [0.1, 0.15) is 6.17 Å². The molecule has 1 nitrogen and oxygen atoms in total. The van der Waals surface area contributed by atoms with E-state index in [9.17, 15) is 22.4 Å². The van der Waals surface area contributed by atoms with Crippen molar-refractivity contribution < 1.29 is 22.4 Å². The van der Waals surface area contributed by atoms with Gasteiger partial charge in [0.15, 0.2) is 11.3 Å². The largest absolute Gasteiger partial charge is 0.288 e. The van der Waals surface area contributed by atoms with Gasteiger partial charge in [-0.15, -0.1) is 0 Å². The first-order valence-corrected chi connectivity index (χ1v) is 5.51. The number of hydrogen-bond acceptors (Lipinski definition) is 2. The van der Waals surface area contributed by atoms with Gasteiger partial charge < -0.3 is 0 Å². The van der Waals surface area contributed by atoms with Crippen LogP contribution < -0.4 is 0 Å². The fraction of sp³-hybridized carbons (Fsp3) is 0.889. The predicted octanol–water partition coefficient (Wildman–Crippen LogP) is 3.38. The number of carbonyl (C=O) groups excluding carboxylic acids is 1. The van der Waals surface area contributed by atoms with E-state index in [-0.39, 0.29) is 17.3 Å². The van der Waals surface area contributed by atoms with Crippen LogP contribution in [0.3, 0.4) is 0 Å². The minimum atomic E-state index is -3.50. The summed E-state index contributed by atoms with van der Waals surface area (Å²) >= 11 is 0.905. The van der Waals surface area contributed by atoms with Crippen LogP contribution in [0.1, 0.15) is 26.7 Å². The Labute approximate surface area is 90.6 Å². The van der Waals surface area contributed by atoms with Crippen molar-refractivity contribution >= 4 is 16.9 Å². The molecule has 0 rings (SSSR count). The summed E-state index contributed by atoms with van der Waals surface area (Å²) in [6, 6.07) is 0. The minimum absolute atomic E-state index is 0.0826. The average molecular weight is 246 g/mol. The van der Waals surface area contributed by atoms with Crippen molar-refractivity contribution in [2.75, 3.05) is 5.75 Å². The molecule has 0 N–H and O–H groups in total. The first-order chi connectivity index (χ1) is 6.73. The highest BCUT2D eigenvalue weighted by molar-refractivity contribution is 8.13. The summed E-state index contributed by atoms with van der Waals surface area (Å²) in [4.78, 5) is 10.5. The number of carbonyl (C=O) groups is 1. The topological polar surface area (TPSA) is 17.1 Å². The lowest BCUT2D eigenvalue weighted by atomic mass is 10.1. The fourth-order valence-electron chi connectivity index (χ4n) is 0.880. The second-order valence-corrected chi connectivity index (χ2v) is 4.66. The van der Waals surface area contributed by atoms with Crippen LogP contribution in [0.4, 0.5) is 17.6 Å². The average Bonchev–Trinajstić information content (AvgIpc) is 2.01. The number of thioether (sulfide) groups is 1. The normalized spacial score (nSPS) is 16.1. The van der Waals surface area contributed by atoms with Gasteiger partial charge in [0, 0.05) is 26.0 Å². The molecule has 0 aromatic heterocycles. The molecule has 0 aromatic rings. The molecule has 0 fully saturated rings. The third kappa shape index (κ3) is 7.64. The molecule has 0 aliphatic heterocycles. The molecule has 0 saturated carbocycles. The van der Waals surface area contributed by atoms with Crippen molar-refractivity contribution in [1.29, 1.82) is 0 Å². The highest BCUT2D eigenvalue weighted by atomic mass is 32.2. The zero-order valence-corrected chi connectivity index (χ0v) is 9.42. The molecule has 0 aliphatic rings. The highest BCUT2D eigenvalue weighted by Gasteiger charge is 2.35. The first kappa shape index (κ1) is 14.7. The molecule has 0 aromatic carbocycles. The van der Waals surface area contributed by atoms with E-state index in [2.05, 4.69) is 0 Å². The molecule has 90 valence electrons. The molecule has 0 aliphatic carbocycles. The number of alkyl halides is 4. The second kappa shape index (κ2) is 6.35. The maximum Gasteiger partial charge on any atom is 0.276 e. The van der Waals surface area contributed by atoms with Crippen molar-refractivity contribution in [3.05, 3.63) is 0 Å². The predicted molar refractivity (Wildman–Crippen MR) is 52.8 cm³/mol. The molecule has 6 heteroatoms. The van der Waals surface area contributed by atoms with Crippen LogP contribution in [0.25, 0.3) is 0 Å². The van der Waals surface area contributed by atoms with Gasteiger partial charge >= 0.3 is 0 Å². The van der Waals surface area contributed by atoms with E-state index in [0.29, 0.717) is 6.92 Å². The molecule has 0 bridgehead atoms. The monoisotopic (exact) mass is 246 g/mol. The van der Waals surface area contributed by atoms with E-state index in [4.69, 9.17) is 0 Å². The zero-order valence-electron chi connectivity index (χ0n) is 8.60. The van der Waals surface area contributed by atoms with Crippen LogP contribution in [0.15, 0.2) is 0 Å². The molecule has 2 atom stereocenters. The summed E-state index contributed by atoms with van der Waals surface area (Å²) < 4.78 is 50.3. The SMILES string of the molecule is CC(=O)SCCC(F)CC(F)C(C)(F)F. The molecule has 0 amide bonds. The Kier molecular flexibility index (Phi) is 6.24. The van der Waals surface area contributed by atoms with Gasteiger partial charge in [-0.05, 0) is 6.42 Å². The smallest absolute Gasteiger partial charge is 0.276 e. The Morgan fingerprint density at radius 2 is 1.93 bits per heavy atom. The van der Waals surface area contributed by atoms with E-state index in [1.54, 1.807) is 0 Å². The van der Waals surface area contributed by atoms with Gasteiger partial charge in [0.2, 0.25) is 0 Å². The van der Waals surface area contributed by atoms with Crippen molar-refractivity contribution in [2.45, 2.75) is 45.0 Å². The summed E-state index contributed by atoms with van der Waals surface area (Å²) in [6.07, 6.45) is -4.99. The Morgan fingerprint density at radius 3 is 2.33 bits per heavy atom. The van der Waals surface area contributed by atoms with E-state index in [1.165, 1.54) is 6.92 Å². The van der Waals surface area contributed by atoms with Crippen LogP contribution in [-0.2, 0) is 4.79 Å². The quantitative estimate of drug-likeness (QED) is 0.668. The maximum absolute atomic E-state index is 12.9. The summed E-state index contributed by atoms with van der Waals surface area (Å²) in [7, 11) is 0. The zero-order chi connectivity index (χ0) is 12.1. The molecule has 0 heterocycles. The van der Waals surface area contributed by atoms with E-state index >= 15 is 0 Å². The Balaban J connectivity index is 3.74. The molecule has 15 heavy (non-hydrogen) atoms. The van der Waals surface area contributed by atoms with Crippen LogP contribution in [-0.4, -0.2) is 29.1 Å². The Morgan fingerprint density at radius 1 is 1.40 bits per heavy atom. The third-order valence-electron chi connectivity index (χ3n) is 1.75. The number of rotatable bonds is 6. The standard InChI is InChI=1S/C9H14F4OS/c1-6(14)15-4-3-7(10)5-8(11)9(2,12)13/h7-8H,3-5H2,1-2H3. The molecule has 0 radical (unpaired) electrons. The summed E-state index contributed by atoms with van der Waals surface area (Å²) in [6.45, 7) is 1.75. The number of halogens is 4. The lowest BCUT2D eigenvalue weighted by Gasteiger charge is -2.17. The van der Waals surface area contributed by atoms with Crippen molar-refractivity contribution in [3.63, 3.8) is 0 Å². The van der Waals surface area contributed by atoms with Gasteiger partial charge in [-0.3, -0.25) is 4.79 Å². The van der Waals surface area contributed by atoms with Crippen molar-refractivity contribution in [2.24, 2.45) is 0 Å². The van der Waals surface area contributed by atoms with E-state index in [1.807, 2.05) is 0 Å². The third-order valence-corrected chi connectivity index (χ3v) is 2.60. The second-order valence-electron chi connectivity index (χ2n) is 3.39. The van der Waals surface area contributed by atoms with Gasteiger partial charge in [-0.2, -0.15) is 0 Å². The molecular formula is C9H14F4OS. The fourth-order valence-corrected chi connectivity index (χ4v) is 1.54. The first-order valence-electron chi connectivity index (χ1n) is 4.52. The maximum atomic E-state index is 12.9. The number of hydrogen-bond donors (Lipinski definition) is 0. The Hall–Kier alpha value is -0.260. The summed E-state index contributed by atoms with van der Waals surface area (Å²) in [5, 5.41) is -0.167. The Bertz CT molecular complexity index is 205. The van der Waals surface area contributed by atoms with Crippen LogP contribution in [0.5, 0.6) is 0 Å². The summed E-state index contributed by atoms with van der Waals surface area (Å²) in [5.41, 5.74) is 0. The van der Waals surface area contributed by atoms with Gasteiger partial charge in [0.25, 0.3) is 5.92 Å². The van der Waals surface area contributed by atoms with Crippen LogP contribution >= 0.6 is 11.8 Å². The molecule has 0 spiro atoms. The van der Waals surface area contributed by atoms with Crippen LogP contribution in [0, 0.1) is 0 Å². The van der Waals surface area contributed by atoms with Gasteiger partial charge in [-0.1, -0.05) is 11.8 Å². The lowest BCUT2D eigenvalue weighted by molar-refractivity contribution is -0.109. The molecular weight excluding hydrogens is 232 g/mol. The molecule has 2 unspecified atom stereocenters. The van der Waals surface area contributed by atoms with Crippen molar-refractivity contribution in [3.8, 4) is 0 Å². The van der Waals surface area contributed by atoms with Gasteiger partial charge in [-0.25, -0.2) is 17.6 Å². The van der Waals surface area contributed by atoms with E-state index < -0.39 is 24.7 Å². The highest BCUT2D eigenvalue weighted by Crippen LogP contribution is 2.26. The van der Waals surface area contributed by atoms with Crippen LogP contribution in [0.2, 0.25) is 0 Å². The van der Waals surface area contributed by atoms with Crippen molar-refractivity contribution in [1.82, 2.24) is 0 Å². The lowest BCUT2D eigenvalue weighted by Crippen LogP contribution is -2.29. The van der Waals surface area contributed by atoms with Gasteiger partial charge in [0.05, 0.1) is 0 Å². The molecule has 0 saturated heterocycles. The van der Waals surface area contributed by atoms with E-state index in [0.717, 1.165) is 11.8 Å².